The average molecular weight is 458 g/mol. The van der Waals surface area contributed by atoms with Gasteiger partial charge in [-0.3, -0.25) is 4.79 Å². The van der Waals surface area contributed by atoms with Crippen molar-refractivity contribution >= 4 is 5.97 Å². The fraction of sp³-hybridized carbons (Fsp3) is 0.862. The maximum absolute atomic E-state index is 11.8. The summed E-state index contributed by atoms with van der Waals surface area (Å²) in [7, 11) is 0. The Kier molecular flexibility index (Phi) is 7.65. The van der Waals surface area contributed by atoms with Crippen molar-refractivity contribution < 1.29 is 14.6 Å². The number of carbonyl (C=O) groups excluding carboxylic acids is 1. The van der Waals surface area contributed by atoms with Gasteiger partial charge in [0.05, 0.1) is 12.0 Å². The number of esters is 1. The minimum atomic E-state index is -1.02. The zero-order valence-electron chi connectivity index (χ0n) is 21.7. The summed E-state index contributed by atoms with van der Waals surface area (Å²) < 4.78 is 5.48. The van der Waals surface area contributed by atoms with E-state index in [0.717, 1.165) is 30.9 Å². The summed E-state index contributed by atoms with van der Waals surface area (Å²) in [6.45, 7) is 14.1. The van der Waals surface area contributed by atoms with Crippen molar-refractivity contribution in [2.24, 2.45) is 35.0 Å². The Morgan fingerprint density at radius 1 is 1.24 bits per heavy atom. The standard InChI is InChI=1S/C29H47NO3/c1-20-16-26-25(13-12-22(3)29(26,32)17-27(20)33-23(4)31)21(2)18-30-15-9-14-28(5,19-30)24-10-7-6-8-11-24/h16,21-22,24-27,32H,6-15,18-19H2,1-5H3/t21-,22-,25+,26-,27-,28?,29-/m1/s1. The van der Waals surface area contributed by atoms with E-state index in [-0.39, 0.29) is 17.8 Å². The smallest absolute Gasteiger partial charge is 0.303 e. The second kappa shape index (κ2) is 10.0. The number of piperidine rings is 1. The third-order valence-electron chi connectivity index (χ3n) is 9.83. The largest absolute Gasteiger partial charge is 0.457 e. The molecule has 0 spiro atoms. The Hall–Kier alpha value is -0.870. The van der Waals surface area contributed by atoms with Crippen molar-refractivity contribution in [2.45, 2.75) is 104 Å². The van der Waals surface area contributed by atoms with Crippen LogP contribution in [0.3, 0.4) is 0 Å². The maximum atomic E-state index is 11.8. The molecule has 4 nitrogen and oxygen atoms in total. The van der Waals surface area contributed by atoms with Crippen LogP contribution in [-0.2, 0) is 9.53 Å². The van der Waals surface area contributed by atoms with Gasteiger partial charge in [-0.2, -0.15) is 0 Å². The van der Waals surface area contributed by atoms with E-state index in [1.165, 1.54) is 65.0 Å². The SMILES string of the molecule is CC(=O)O[C@@H]1[C][C@@]2(O)[C@H](C)CC[C@@H]([C@H](C)CN3CCCC(C)(C4CCCCC4)C3)[C@H]2C=C1C. The minimum absolute atomic E-state index is 0.0533. The van der Waals surface area contributed by atoms with Crippen LogP contribution in [0.1, 0.15) is 92.4 Å². The first-order valence-electron chi connectivity index (χ1n) is 13.7. The Morgan fingerprint density at radius 3 is 2.67 bits per heavy atom. The van der Waals surface area contributed by atoms with E-state index < -0.39 is 11.7 Å². The fourth-order valence-electron chi connectivity index (χ4n) is 7.81. The Balaban J connectivity index is 1.46. The molecule has 4 rings (SSSR count). The van der Waals surface area contributed by atoms with Crippen LogP contribution in [0.15, 0.2) is 11.6 Å². The van der Waals surface area contributed by atoms with Crippen molar-refractivity contribution in [1.29, 1.82) is 0 Å². The van der Waals surface area contributed by atoms with E-state index in [0.29, 0.717) is 17.3 Å². The molecule has 33 heavy (non-hydrogen) atoms. The quantitative estimate of drug-likeness (QED) is 0.427. The lowest BCUT2D eigenvalue weighted by molar-refractivity contribution is -0.148. The van der Waals surface area contributed by atoms with Crippen molar-refractivity contribution in [3.05, 3.63) is 18.1 Å². The number of likely N-dealkylation sites (tertiary alicyclic amines) is 1. The summed E-state index contributed by atoms with van der Waals surface area (Å²) in [5, 5.41) is 11.8. The number of hydrogen-bond donors (Lipinski definition) is 1. The first-order chi connectivity index (χ1) is 15.6. The molecule has 3 fully saturated rings. The molecule has 1 N–H and O–H groups in total. The van der Waals surface area contributed by atoms with Gasteiger partial charge in [-0.05, 0) is 86.7 Å². The zero-order chi connectivity index (χ0) is 23.8. The van der Waals surface area contributed by atoms with Gasteiger partial charge in [-0.15, -0.1) is 0 Å². The number of carbonyl (C=O) groups is 1. The van der Waals surface area contributed by atoms with Gasteiger partial charge in [-0.1, -0.05) is 46.1 Å². The van der Waals surface area contributed by atoms with Crippen LogP contribution < -0.4 is 0 Å². The lowest BCUT2D eigenvalue weighted by Gasteiger charge is -2.53. The topological polar surface area (TPSA) is 49.8 Å². The second-order valence-electron chi connectivity index (χ2n) is 12.3. The molecule has 0 amide bonds. The molecule has 0 aromatic rings. The number of fused-ring (bicyclic) bond motifs is 1. The normalized spacial score (nSPS) is 41.7. The summed E-state index contributed by atoms with van der Waals surface area (Å²) in [4.78, 5) is 14.3. The maximum Gasteiger partial charge on any atom is 0.303 e. The molecule has 186 valence electrons. The lowest BCUT2D eigenvalue weighted by atomic mass is 9.56. The molecule has 1 unspecified atom stereocenters. The molecule has 0 aromatic carbocycles. The van der Waals surface area contributed by atoms with E-state index in [4.69, 9.17) is 4.74 Å². The molecule has 2 saturated carbocycles. The van der Waals surface area contributed by atoms with Crippen LogP contribution in [0.4, 0.5) is 0 Å². The highest BCUT2D eigenvalue weighted by Crippen LogP contribution is 2.51. The van der Waals surface area contributed by atoms with Crippen molar-refractivity contribution in [3.8, 4) is 0 Å². The summed E-state index contributed by atoms with van der Waals surface area (Å²) in [6, 6.07) is 0. The van der Waals surface area contributed by atoms with Gasteiger partial charge in [0, 0.05) is 25.9 Å². The van der Waals surface area contributed by atoms with Gasteiger partial charge in [-0.25, -0.2) is 0 Å². The first-order valence-corrected chi connectivity index (χ1v) is 13.7. The number of hydrogen-bond acceptors (Lipinski definition) is 4. The zero-order valence-corrected chi connectivity index (χ0v) is 21.7. The summed E-state index contributed by atoms with van der Waals surface area (Å²) in [6.07, 6.45) is 17.0. The van der Waals surface area contributed by atoms with Crippen LogP contribution in [-0.4, -0.2) is 47.3 Å². The Morgan fingerprint density at radius 2 is 1.97 bits per heavy atom. The first kappa shape index (κ1) is 25.2. The Bertz CT molecular complexity index is 728. The molecular weight excluding hydrogens is 410 g/mol. The molecule has 7 atom stereocenters. The van der Waals surface area contributed by atoms with E-state index >= 15 is 0 Å². The summed E-state index contributed by atoms with van der Waals surface area (Å²) in [5.74, 6) is 1.70. The molecule has 2 radical (unpaired) electrons. The van der Waals surface area contributed by atoms with Crippen LogP contribution >= 0.6 is 0 Å². The highest BCUT2D eigenvalue weighted by molar-refractivity contribution is 5.66. The highest BCUT2D eigenvalue weighted by atomic mass is 16.5. The second-order valence-corrected chi connectivity index (χ2v) is 12.3. The Labute approximate surface area is 202 Å². The number of ether oxygens (including phenoxy) is 1. The average Bonchev–Trinajstić information content (AvgIpc) is 2.76. The molecule has 1 saturated heterocycles. The molecular formula is C29H47NO3. The van der Waals surface area contributed by atoms with E-state index in [2.05, 4.69) is 38.2 Å². The van der Waals surface area contributed by atoms with Gasteiger partial charge in [0.25, 0.3) is 0 Å². The lowest BCUT2D eigenvalue weighted by Crippen LogP contribution is -2.57. The van der Waals surface area contributed by atoms with Crippen molar-refractivity contribution in [1.82, 2.24) is 4.90 Å². The monoisotopic (exact) mass is 457 g/mol. The number of rotatable bonds is 5. The molecule has 1 aliphatic heterocycles. The van der Waals surface area contributed by atoms with Gasteiger partial charge >= 0.3 is 5.97 Å². The number of nitrogens with zero attached hydrogens (tertiary/aromatic N) is 1. The van der Waals surface area contributed by atoms with E-state index in [1.807, 2.05) is 6.92 Å². The third kappa shape index (κ3) is 5.22. The molecule has 4 aliphatic rings. The van der Waals surface area contributed by atoms with Gasteiger partial charge in [0.2, 0.25) is 0 Å². The fourth-order valence-corrected chi connectivity index (χ4v) is 7.81. The highest BCUT2D eigenvalue weighted by Gasteiger charge is 2.53. The predicted octanol–water partition coefficient (Wildman–Crippen LogP) is 5.67. The summed E-state index contributed by atoms with van der Waals surface area (Å²) >= 11 is 0. The van der Waals surface area contributed by atoms with Crippen LogP contribution in [0.5, 0.6) is 0 Å². The van der Waals surface area contributed by atoms with Gasteiger partial charge in [0.1, 0.15) is 6.10 Å². The van der Waals surface area contributed by atoms with E-state index in [1.54, 1.807) is 0 Å². The van der Waals surface area contributed by atoms with Gasteiger partial charge in [0.15, 0.2) is 0 Å². The van der Waals surface area contributed by atoms with E-state index in [9.17, 15) is 9.90 Å². The molecule has 0 bridgehead atoms. The van der Waals surface area contributed by atoms with Crippen LogP contribution in [0.2, 0.25) is 0 Å². The summed E-state index contributed by atoms with van der Waals surface area (Å²) in [5.41, 5.74) is 0.462. The molecule has 1 heterocycles. The number of aliphatic hydroxyl groups is 1. The molecule has 3 aliphatic carbocycles. The third-order valence-corrected chi connectivity index (χ3v) is 9.83. The van der Waals surface area contributed by atoms with Crippen LogP contribution in [0.25, 0.3) is 0 Å². The van der Waals surface area contributed by atoms with Crippen LogP contribution in [0, 0.1) is 41.4 Å². The minimum Gasteiger partial charge on any atom is -0.457 e. The van der Waals surface area contributed by atoms with Gasteiger partial charge < -0.3 is 14.7 Å². The molecule has 0 aromatic heterocycles. The molecule has 4 heteroatoms. The predicted molar refractivity (Wildman–Crippen MR) is 132 cm³/mol. The van der Waals surface area contributed by atoms with Crippen molar-refractivity contribution in [3.63, 3.8) is 0 Å². The van der Waals surface area contributed by atoms with Crippen molar-refractivity contribution in [2.75, 3.05) is 19.6 Å².